The maximum atomic E-state index is 12.4. The van der Waals surface area contributed by atoms with Crippen LogP contribution in [0.2, 0.25) is 0 Å². The van der Waals surface area contributed by atoms with Gasteiger partial charge in [0.25, 0.3) is 17.4 Å². The number of fused-ring (bicyclic) bond motifs is 1. The van der Waals surface area contributed by atoms with Crippen LogP contribution in [-0.4, -0.2) is 23.5 Å². The van der Waals surface area contributed by atoms with E-state index in [9.17, 15) is 19.6 Å². The number of carbonyl (C=O) groups is 2. The van der Waals surface area contributed by atoms with Crippen molar-refractivity contribution in [2.24, 2.45) is 0 Å². The van der Waals surface area contributed by atoms with Gasteiger partial charge in [-0.3, -0.25) is 24.3 Å². The summed E-state index contributed by atoms with van der Waals surface area (Å²) >= 11 is 0. The summed E-state index contributed by atoms with van der Waals surface area (Å²) in [5.41, 5.74) is 5.39. The number of nitrogen functional groups attached to an aromatic ring is 1. The Morgan fingerprint density at radius 2 is 2.00 bits per heavy atom. The summed E-state index contributed by atoms with van der Waals surface area (Å²) in [7, 11) is 1.38. The SMILES string of the molecule is COc1cccc(C#N)c1-n1c(N)c2c(cc1=O)C(=O)NC2=O. The highest BCUT2D eigenvalue weighted by atomic mass is 16.5. The van der Waals surface area contributed by atoms with Crippen molar-refractivity contribution in [2.75, 3.05) is 12.8 Å². The van der Waals surface area contributed by atoms with E-state index >= 15 is 0 Å². The van der Waals surface area contributed by atoms with Crippen molar-refractivity contribution >= 4 is 17.6 Å². The number of ether oxygens (including phenoxy) is 1. The standard InChI is InChI=1S/C15H10N4O4/c1-23-9-4-2-3-7(6-16)12(9)19-10(20)5-8-11(13(19)17)15(22)18-14(8)21/h2-5H,17H2,1H3,(H,18,21,22). The van der Waals surface area contributed by atoms with Gasteiger partial charge >= 0.3 is 0 Å². The quantitative estimate of drug-likeness (QED) is 0.762. The van der Waals surface area contributed by atoms with E-state index in [-0.39, 0.29) is 33.9 Å². The lowest BCUT2D eigenvalue weighted by molar-refractivity contribution is 0.0880. The molecule has 1 aliphatic rings. The number of hydrogen-bond donors (Lipinski definition) is 2. The van der Waals surface area contributed by atoms with E-state index in [0.717, 1.165) is 10.6 Å². The Morgan fingerprint density at radius 1 is 1.26 bits per heavy atom. The Balaban J connectivity index is 2.44. The van der Waals surface area contributed by atoms with E-state index in [2.05, 4.69) is 5.32 Å². The van der Waals surface area contributed by atoms with Crippen LogP contribution in [0.5, 0.6) is 5.75 Å². The molecule has 23 heavy (non-hydrogen) atoms. The maximum absolute atomic E-state index is 12.4. The van der Waals surface area contributed by atoms with E-state index < -0.39 is 17.4 Å². The first-order chi connectivity index (χ1) is 11.0. The number of nitrogens with one attached hydrogen (secondary N) is 1. The van der Waals surface area contributed by atoms with Gasteiger partial charge in [0.05, 0.1) is 23.8 Å². The number of methoxy groups -OCH3 is 1. The van der Waals surface area contributed by atoms with E-state index in [1.54, 1.807) is 12.1 Å². The third-order valence-corrected chi connectivity index (χ3v) is 3.52. The molecule has 1 aromatic carbocycles. The third kappa shape index (κ3) is 1.95. The van der Waals surface area contributed by atoms with Gasteiger partial charge in [-0.15, -0.1) is 0 Å². The van der Waals surface area contributed by atoms with Crippen LogP contribution in [0, 0.1) is 11.3 Å². The van der Waals surface area contributed by atoms with Gasteiger partial charge in [-0.2, -0.15) is 5.26 Å². The van der Waals surface area contributed by atoms with Crippen LogP contribution < -0.4 is 21.3 Å². The molecule has 0 saturated carbocycles. The van der Waals surface area contributed by atoms with Crippen molar-refractivity contribution in [1.82, 2.24) is 9.88 Å². The molecule has 0 unspecified atom stereocenters. The van der Waals surface area contributed by atoms with Crippen molar-refractivity contribution in [3.05, 3.63) is 51.3 Å². The Kier molecular flexibility index (Phi) is 3.11. The number of benzene rings is 1. The molecular weight excluding hydrogens is 300 g/mol. The average Bonchev–Trinajstić information content (AvgIpc) is 2.81. The average molecular weight is 310 g/mol. The van der Waals surface area contributed by atoms with Crippen LogP contribution in [0.15, 0.2) is 29.1 Å². The molecule has 8 nitrogen and oxygen atoms in total. The summed E-state index contributed by atoms with van der Waals surface area (Å²) in [5.74, 6) is -1.36. The Labute approximate surface area is 129 Å². The van der Waals surface area contributed by atoms with Gasteiger partial charge < -0.3 is 10.5 Å². The minimum Gasteiger partial charge on any atom is -0.495 e. The van der Waals surface area contributed by atoms with Gasteiger partial charge in [-0.1, -0.05) is 6.07 Å². The Hall–Kier alpha value is -3.60. The predicted octanol–water partition coefficient (Wildman–Crippen LogP) is 0.184. The van der Waals surface area contributed by atoms with Crippen LogP contribution in [0.1, 0.15) is 26.3 Å². The molecule has 2 aromatic rings. The lowest BCUT2D eigenvalue weighted by Gasteiger charge is -2.16. The number of amides is 2. The van der Waals surface area contributed by atoms with Crippen molar-refractivity contribution in [1.29, 1.82) is 5.26 Å². The number of imide groups is 1. The highest BCUT2D eigenvalue weighted by Crippen LogP contribution is 2.30. The number of nitriles is 1. The number of para-hydroxylation sites is 1. The number of rotatable bonds is 2. The zero-order valence-corrected chi connectivity index (χ0v) is 11.9. The van der Waals surface area contributed by atoms with Gasteiger partial charge in [-0.05, 0) is 12.1 Å². The fourth-order valence-corrected chi connectivity index (χ4v) is 2.52. The fraction of sp³-hybridized carbons (Fsp3) is 0.0667. The molecule has 2 amide bonds. The number of carbonyl (C=O) groups excluding carboxylic acids is 2. The molecule has 0 atom stereocenters. The van der Waals surface area contributed by atoms with Gasteiger partial charge in [-0.25, -0.2) is 0 Å². The van der Waals surface area contributed by atoms with Crippen molar-refractivity contribution < 1.29 is 14.3 Å². The molecule has 1 aromatic heterocycles. The van der Waals surface area contributed by atoms with Crippen LogP contribution in [0.25, 0.3) is 5.69 Å². The molecule has 0 spiro atoms. The summed E-state index contributed by atoms with van der Waals surface area (Å²) in [5, 5.41) is 11.4. The summed E-state index contributed by atoms with van der Waals surface area (Å²) in [6, 6.07) is 7.59. The molecule has 3 N–H and O–H groups in total. The van der Waals surface area contributed by atoms with Crippen LogP contribution in [-0.2, 0) is 0 Å². The highest BCUT2D eigenvalue weighted by Gasteiger charge is 2.32. The molecule has 0 aliphatic carbocycles. The topological polar surface area (TPSA) is 127 Å². The van der Waals surface area contributed by atoms with Crippen LogP contribution in [0.3, 0.4) is 0 Å². The molecule has 3 rings (SSSR count). The molecule has 2 heterocycles. The Morgan fingerprint density at radius 3 is 2.65 bits per heavy atom. The van der Waals surface area contributed by atoms with Crippen LogP contribution in [0.4, 0.5) is 5.82 Å². The number of nitrogens with zero attached hydrogens (tertiary/aromatic N) is 2. The third-order valence-electron chi connectivity index (χ3n) is 3.52. The van der Waals surface area contributed by atoms with Gasteiger partial charge in [0.15, 0.2) is 0 Å². The van der Waals surface area contributed by atoms with E-state index in [4.69, 9.17) is 10.5 Å². The maximum Gasteiger partial charge on any atom is 0.262 e. The zero-order valence-electron chi connectivity index (χ0n) is 11.9. The van der Waals surface area contributed by atoms with E-state index in [1.165, 1.54) is 13.2 Å². The first-order valence-electron chi connectivity index (χ1n) is 6.48. The van der Waals surface area contributed by atoms with Crippen molar-refractivity contribution in [3.63, 3.8) is 0 Å². The van der Waals surface area contributed by atoms with Crippen LogP contribution >= 0.6 is 0 Å². The largest absolute Gasteiger partial charge is 0.495 e. The number of pyridine rings is 1. The summed E-state index contributed by atoms with van der Waals surface area (Å²) in [6.45, 7) is 0. The Bertz CT molecular complexity index is 969. The molecule has 0 saturated heterocycles. The molecule has 1 aliphatic heterocycles. The summed E-state index contributed by atoms with van der Waals surface area (Å²) in [6.07, 6.45) is 0. The number of anilines is 1. The predicted molar refractivity (Wildman–Crippen MR) is 79.5 cm³/mol. The fourth-order valence-electron chi connectivity index (χ4n) is 2.52. The first kappa shape index (κ1) is 14.3. The van der Waals surface area contributed by atoms with Gasteiger partial charge in [0, 0.05) is 6.07 Å². The highest BCUT2D eigenvalue weighted by molar-refractivity contribution is 6.23. The minimum absolute atomic E-state index is 0.0813. The normalized spacial score (nSPS) is 12.5. The second-order valence-electron chi connectivity index (χ2n) is 4.74. The molecule has 0 radical (unpaired) electrons. The zero-order chi connectivity index (χ0) is 16.7. The van der Waals surface area contributed by atoms with E-state index in [0.29, 0.717) is 0 Å². The van der Waals surface area contributed by atoms with Crippen molar-refractivity contribution in [3.8, 4) is 17.5 Å². The molecule has 0 fully saturated rings. The molecule has 114 valence electrons. The lowest BCUT2D eigenvalue weighted by Crippen LogP contribution is -2.25. The second-order valence-corrected chi connectivity index (χ2v) is 4.74. The summed E-state index contributed by atoms with van der Waals surface area (Å²) in [4.78, 5) is 36.0. The lowest BCUT2D eigenvalue weighted by atomic mass is 10.1. The minimum atomic E-state index is -0.690. The number of hydrogen-bond acceptors (Lipinski definition) is 6. The smallest absolute Gasteiger partial charge is 0.262 e. The first-order valence-corrected chi connectivity index (χ1v) is 6.48. The van der Waals surface area contributed by atoms with Gasteiger partial charge in [0.2, 0.25) is 0 Å². The number of aromatic nitrogens is 1. The molecule has 8 heteroatoms. The van der Waals surface area contributed by atoms with E-state index in [1.807, 2.05) is 6.07 Å². The second kappa shape index (κ2) is 4.99. The number of nitrogens with two attached hydrogens (primary N) is 1. The van der Waals surface area contributed by atoms with Crippen molar-refractivity contribution in [2.45, 2.75) is 0 Å². The molecular formula is C15H10N4O4. The molecule has 0 bridgehead atoms. The van der Waals surface area contributed by atoms with Gasteiger partial charge in [0.1, 0.15) is 23.3 Å². The summed E-state index contributed by atoms with van der Waals surface area (Å²) < 4.78 is 6.18. The monoisotopic (exact) mass is 310 g/mol.